The van der Waals surface area contributed by atoms with Crippen LogP contribution >= 0.6 is 50.9 Å². The van der Waals surface area contributed by atoms with Gasteiger partial charge in [-0.2, -0.15) is 5.10 Å². The van der Waals surface area contributed by atoms with Crippen molar-refractivity contribution in [1.82, 2.24) is 5.01 Å². The maximum absolute atomic E-state index is 13.9. The molecule has 4 aromatic carbocycles. The molecule has 3 aliphatic rings. The van der Waals surface area contributed by atoms with Crippen molar-refractivity contribution in [3.8, 4) is 5.75 Å². The molecule has 198 valence electrons. The number of anilines is 1. The van der Waals surface area contributed by atoms with Gasteiger partial charge in [-0.15, -0.1) is 0 Å². The number of benzene rings is 4. The molecule has 0 aromatic heterocycles. The number of halogens is 3. The van der Waals surface area contributed by atoms with Crippen LogP contribution < -0.4 is 9.64 Å². The summed E-state index contributed by atoms with van der Waals surface area (Å²) < 4.78 is 7.91. The van der Waals surface area contributed by atoms with Crippen LogP contribution in [0.15, 0.2) is 112 Å². The van der Waals surface area contributed by atoms with E-state index in [0.717, 1.165) is 33.1 Å². The Balaban J connectivity index is 1.51. The summed E-state index contributed by atoms with van der Waals surface area (Å²) in [5.74, 6) is -0.704. The number of hydrogen-bond donors (Lipinski definition) is 0. The van der Waals surface area contributed by atoms with Crippen LogP contribution in [0.1, 0.15) is 29.2 Å². The Morgan fingerprint density at radius 3 is 2.50 bits per heavy atom. The molecule has 1 fully saturated rings. The highest BCUT2D eigenvalue weighted by Gasteiger charge is 2.63. The zero-order valence-electron chi connectivity index (χ0n) is 20.8. The minimum Gasteiger partial charge on any atom is -0.443 e. The third kappa shape index (κ3) is 4.06. The summed E-state index contributed by atoms with van der Waals surface area (Å²) in [7, 11) is 0. The van der Waals surface area contributed by atoms with Crippen LogP contribution in [0.3, 0.4) is 0 Å². The Morgan fingerprint density at radius 2 is 1.73 bits per heavy atom. The number of thioether (sulfide) groups is 1. The van der Waals surface area contributed by atoms with E-state index in [1.807, 2.05) is 83.9 Å². The number of fused-ring (bicyclic) bond motifs is 4. The normalized spacial score (nSPS) is 22.4. The second-order valence-electron chi connectivity index (χ2n) is 9.56. The van der Waals surface area contributed by atoms with Crippen molar-refractivity contribution in [1.29, 1.82) is 0 Å². The van der Waals surface area contributed by atoms with Gasteiger partial charge < -0.3 is 4.74 Å². The third-order valence-electron chi connectivity index (χ3n) is 7.20. The first-order valence-electron chi connectivity index (χ1n) is 12.6. The highest BCUT2D eigenvalue weighted by Crippen LogP contribution is 2.58. The number of rotatable bonds is 3. The second kappa shape index (κ2) is 10.00. The van der Waals surface area contributed by atoms with E-state index >= 15 is 0 Å². The lowest BCUT2D eigenvalue weighted by atomic mass is 9.95. The van der Waals surface area contributed by atoms with E-state index in [0.29, 0.717) is 38.4 Å². The number of para-hydroxylation sites is 1. The number of carbonyl (C=O) groups excluding carboxylic acids is 1. The van der Waals surface area contributed by atoms with Crippen molar-refractivity contribution in [2.45, 2.75) is 18.3 Å². The van der Waals surface area contributed by atoms with Gasteiger partial charge in [-0.05, 0) is 65.4 Å². The van der Waals surface area contributed by atoms with Crippen molar-refractivity contribution in [2.24, 2.45) is 5.10 Å². The monoisotopic (exact) mass is 647 g/mol. The van der Waals surface area contributed by atoms with Gasteiger partial charge in [0.15, 0.2) is 0 Å². The minimum atomic E-state index is -1.39. The average molecular weight is 649 g/mol. The van der Waals surface area contributed by atoms with E-state index in [-0.39, 0.29) is 11.3 Å². The molecule has 0 radical (unpaired) electrons. The first-order chi connectivity index (χ1) is 19.5. The highest BCUT2D eigenvalue weighted by atomic mass is 79.9. The summed E-state index contributed by atoms with van der Waals surface area (Å²) in [4.78, 5) is 16.3. The average Bonchev–Trinajstić information content (AvgIpc) is 3.53. The molecule has 7 rings (SSSR count). The molecule has 0 bridgehead atoms. The molecule has 3 heterocycles. The summed E-state index contributed by atoms with van der Waals surface area (Å²) >= 11 is 17.7. The van der Waals surface area contributed by atoms with Gasteiger partial charge in [0.25, 0.3) is 5.24 Å². The molecular formula is C31H20BrCl2N3O2S. The zero-order chi connectivity index (χ0) is 27.4. The molecule has 0 saturated carbocycles. The van der Waals surface area contributed by atoms with Crippen LogP contribution in [0.25, 0.3) is 6.08 Å². The van der Waals surface area contributed by atoms with Crippen molar-refractivity contribution < 1.29 is 9.53 Å². The molecule has 3 aliphatic heterocycles. The molecule has 0 N–H and O–H groups in total. The molecule has 2 unspecified atom stereocenters. The van der Waals surface area contributed by atoms with Crippen LogP contribution in [-0.4, -0.2) is 21.8 Å². The van der Waals surface area contributed by atoms with Crippen LogP contribution in [0, 0.1) is 0 Å². The molecule has 40 heavy (non-hydrogen) atoms. The SMILES string of the molecule is O=C1S/C(=C\c2cccc(Cl)c2Cl)C2(Oc3ccc(Br)cc3C3CC(c4ccccc4)=NN32)N1c1ccccc1. The van der Waals surface area contributed by atoms with E-state index in [1.165, 1.54) is 0 Å². The van der Waals surface area contributed by atoms with Gasteiger partial charge in [-0.3, -0.25) is 4.79 Å². The predicted octanol–water partition coefficient (Wildman–Crippen LogP) is 9.37. The molecule has 1 saturated heterocycles. The van der Waals surface area contributed by atoms with Crippen molar-refractivity contribution >= 4 is 73.6 Å². The van der Waals surface area contributed by atoms with E-state index in [9.17, 15) is 4.79 Å². The summed E-state index contributed by atoms with van der Waals surface area (Å²) in [6.07, 6.45) is 2.53. The van der Waals surface area contributed by atoms with Crippen molar-refractivity contribution in [2.75, 3.05) is 4.90 Å². The fraction of sp³-hybridized carbons (Fsp3) is 0.0968. The molecule has 4 aromatic rings. The molecule has 9 heteroatoms. The lowest BCUT2D eigenvalue weighted by molar-refractivity contribution is -0.0763. The van der Waals surface area contributed by atoms with Gasteiger partial charge >= 0.3 is 5.85 Å². The number of amides is 1. The number of hydrazone groups is 1. The quantitative estimate of drug-likeness (QED) is 0.222. The number of hydrogen-bond acceptors (Lipinski definition) is 5. The van der Waals surface area contributed by atoms with Crippen LogP contribution in [0.4, 0.5) is 10.5 Å². The maximum Gasteiger partial charge on any atom is 0.321 e. The van der Waals surface area contributed by atoms with Gasteiger partial charge in [-0.25, -0.2) is 9.91 Å². The second-order valence-corrected chi connectivity index (χ2v) is 12.3. The van der Waals surface area contributed by atoms with E-state index in [1.54, 1.807) is 11.0 Å². The lowest BCUT2D eigenvalue weighted by Crippen LogP contribution is -2.63. The standard InChI is InChI=1S/C31H20BrCl2N3O2S/c32-21-14-15-27-23(17-21)26-18-25(19-8-3-1-4-9-19)35-37(26)31(39-27)28(16-20-10-7-13-24(33)29(20)34)40-30(38)36(31)22-11-5-2-6-12-22/h1-17,26H,18H2/b28-16-. The van der Waals surface area contributed by atoms with Crippen LogP contribution in [0.2, 0.25) is 10.0 Å². The Morgan fingerprint density at radius 1 is 0.975 bits per heavy atom. The highest BCUT2D eigenvalue weighted by molar-refractivity contribution is 9.10. The predicted molar refractivity (Wildman–Crippen MR) is 166 cm³/mol. The Hall–Kier alpha value is -3.23. The van der Waals surface area contributed by atoms with Crippen molar-refractivity contribution in [3.05, 3.63) is 133 Å². The van der Waals surface area contributed by atoms with Gasteiger partial charge in [0.2, 0.25) is 0 Å². The Kier molecular flexibility index (Phi) is 6.43. The van der Waals surface area contributed by atoms with Gasteiger partial charge in [0, 0.05) is 16.5 Å². The zero-order valence-corrected chi connectivity index (χ0v) is 24.7. The maximum atomic E-state index is 13.9. The number of nitrogens with zero attached hydrogens (tertiary/aromatic N) is 3. The number of carbonyl (C=O) groups is 1. The van der Waals surface area contributed by atoms with E-state index < -0.39 is 5.85 Å². The Labute approximate surface area is 254 Å². The topological polar surface area (TPSA) is 45.1 Å². The number of ether oxygens (including phenoxy) is 1. The van der Waals surface area contributed by atoms with Crippen LogP contribution in [0.5, 0.6) is 5.75 Å². The molecule has 5 nitrogen and oxygen atoms in total. The summed E-state index contributed by atoms with van der Waals surface area (Å²) in [5, 5.41) is 7.79. The third-order valence-corrected chi connectivity index (χ3v) is 9.49. The summed E-state index contributed by atoms with van der Waals surface area (Å²) in [6.45, 7) is 0. The molecule has 2 atom stereocenters. The molecule has 1 amide bonds. The van der Waals surface area contributed by atoms with Gasteiger partial charge in [0.05, 0.1) is 32.4 Å². The Bertz CT molecular complexity index is 1720. The first-order valence-corrected chi connectivity index (χ1v) is 15.0. The summed E-state index contributed by atoms with van der Waals surface area (Å²) in [5.41, 5.74) is 4.32. The smallest absolute Gasteiger partial charge is 0.321 e. The molecule has 0 aliphatic carbocycles. The fourth-order valence-electron chi connectivity index (χ4n) is 5.42. The van der Waals surface area contributed by atoms with Crippen molar-refractivity contribution in [3.63, 3.8) is 0 Å². The first kappa shape index (κ1) is 25.7. The van der Waals surface area contributed by atoms with Crippen LogP contribution in [-0.2, 0) is 0 Å². The van der Waals surface area contributed by atoms with Gasteiger partial charge in [-0.1, -0.05) is 99.8 Å². The summed E-state index contributed by atoms with van der Waals surface area (Å²) in [6, 6.07) is 30.9. The molecule has 1 spiro atoms. The largest absolute Gasteiger partial charge is 0.443 e. The minimum absolute atomic E-state index is 0.182. The lowest BCUT2D eigenvalue weighted by Gasteiger charge is -2.49. The van der Waals surface area contributed by atoms with Gasteiger partial charge in [0.1, 0.15) is 5.75 Å². The van der Waals surface area contributed by atoms with E-state index in [4.69, 9.17) is 33.0 Å². The fourth-order valence-corrected chi connectivity index (χ4v) is 7.21. The van der Waals surface area contributed by atoms with E-state index in [2.05, 4.69) is 34.1 Å². The molecular weight excluding hydrogens is 629 g/mol.